The van der Waals surface area contributed by atoms with Crippen LogP contribution < -0.4 is 11.1 Å². The monoisotopic (exact) mass is 457 g/mol. The molecule has 0 fully saturated rings. The van der Waals surface area contributed by atoms with Gasteiger partial charge in [0.2, 0.25) is 5.88 Å². The van der Waals surface area contributed by atoms with Crippen LogP contribution in [-0.2, 0) is 5.41 Å². The zero-order valence-corrected chi connectivity index (χ0v) is 19.8. The highest BCUT2D eigenvalue weighted by molar-refractivity contribution is 6.10. The number of para-hydroxylation sites is 1. The Hall–Kier alpha value is -4.20. The third kappa shape index (κ3) is 4.22. The fourth-order valence-corrected chi connectivity index (χ4v) is 3.88. The van der Waals surface area contributed by atoms with Gasteiger partial charge in [0, 0.05) is 11.1 Å². The van der Waals surface area contributed by atoms with Crippen molar-refractivity contribution in [1.29, 1.82) is 0 Å². The lowest BCUT2D eigenvalue weighted by Crippen LogP contribution is -2.18. The number of aromatic nitrogens is 3. The number of amides is 2. The highest BCUT2D eigenvalue weighted by Crippen LogP contribution is 2.34. The zero-order valence-electron chi connectivity index (χ0n) is 19.8. The molecule has 2 aromatic carbocycles. The van der Waals surface area contributed by atoms with Crippen molar-refractivity contribution < 1.29 is 14.1 Å². The largest absolute Gasteiger partial charge is 0.365 e. The zero-order chi connectivity index (χ0) is 24.6. The van der Waals surface area contributed by atoms with E-state index >= 15 is 0 Å². The van der Waals surface area contributed by atoms with Crippen LogP contribution in [0.5, 0.6) is 0 Å². The normalized spacial score (nSPS) is 11.4. The molecule has 2 heterocycles. The van der Waals surface area contributed by atoms with E-state index in [-0.39, 0.29) is 22.6 Å². The van der Waals surface area contributed by atoms with Gasteiger partial charge in [-0.3, -0.25) is 14.9 Å². The first kappa shape index (κ1) is 23.0. The van der Waals surface area contributed by atoms with Gasteiger partial charge in [-0.05, 0) is 49.1 Å². The van der Waals surface area contributed by atoms with Gasteiger partial charge in [0.1, 0.15) is 11.3 Å². The van der Waals surface area contributed by atoms with Crippen LogP contribution >= 0.6 is 0 Å². The van der Waals surface area contributed by atoms with Crippen molar-refractivity contribution in [1.82, 2.24) is 14.9 Å². The quantitative estimate of drug-likeness (QED) is 0.447. The van der Waals surface area contributed by atoms with E-state index < -0.39 is 11.8 Å². The topological polar surface area (TPSA) is 116 Å². The molecule has 8 heteroatoms. The van der Waals surface area contributed by atoms with Gasteiger partial charge in [-0.15, -0.1) is 0 Å². The third-order valence-electron chi connectivity index (χ3n) is 5.71. The molecular formula is C26H27N5O3. The van der Waals surface area contributed by atoms with E-state index in [1.807, 2.05) is 56.3 Å². The van der Waals surface area contributed by atoms with Crippen molar-refractivity contribution in [2.24, 2.45) is 5.73 Å². The van der Waals surface area contributed by atoms with Crippen LogP contribution in [0.1, 0.15) is 58.4 Å². The number of anilines is 1. The summed E-state index contributed by atoms with van der Waals surface area (Å²) in [5, 5.41) is 11.3. The van der Waals surface area contributed by atoms with Gasteiger partial charge in [0.15, 0.2) is 0 Å². The van der Waals surface area contributed by atoms with Gasteiger partial charge in [0.05, 0.1) is 17.1 Å². The first-order chi connectivity index (χ1) is 16.1. The Morgan fingerprint density at radius 2 is 1.65 bits per heavy atom. The average molecular weight is 458 g/mol. The lowest BCUT2D eigenvalue weighted by Gasteiger charge is -2.18. The minimum atomic E-state index is -0.763. The molecule has 2 amide bonds. The minimum absolute atomic E-state index is 0.00141. The molecule has 34 heavy (non-hydrogen) atoms. The molecule has 0 unspecified atom stereocenters. The molecule has 0 atom stereocenters. The number of aryl methyl sites for hydroxylation is 1. The number of nitrogens with two attached hydrogens (primary N) is 1. The Labute approximate surface area is 197 Å². The summed E-state index contributed by atoms with van der Waals surface area (Å²) in [6, 6.07) is 16.9. The summed E-state index contributed by atoms with van der Waals surface area (Å²) in [5.41, 5.74) is 10.3. The van der Waals surface area contributed by atoms with Gasteiger partial charge < -0.3 is 10.3 Å². The maximum Gasteiger partial charge on any atom is 0.258 e. The van der Waals surface area contributed by atoms with E-state index in [4.69, 9.17) is 10.3 Å². The number of primary amides is 1. The first-order valence-electron chi connectivity index (χ1n) is 10.9. The lowest BCUT2D eigenvalue weighted by molar-refractivity contribution is 0.100. The molecule has 4 rings (SSSR count). The third-order valence-corrected chi connectivity index (χ3v) is 5.71. The standard InChI is InChI=1S/C26H27N5O3/c1-15-20(16(2)31(29-15)19-9-7-6-8-10-19)22-21(23(27)32)25(34-30-22)28-24(33)17-11-13-18(14-12-17)26(3,4)5/h6-14H,1-5H3,(H2,27,32)(H,28,33). The molecule has 0 aliphatic heterocycles. The summed E-state index contributed by atoms with van der Waals surface area (Å²) in [4.78, 5) is 25.2. The molecule has 0 radical (unpaired) electrons. The van der Waals surface area contributed by atoms with Gasteiger partial charge in [-0.25, -0.2) is 4.68 Å². The Morgan fingerprint density at radius 3 is 2.24 bits per heavy atom. The van der Waals surface area contributed by atoms with Crippen LogP contribution in [0.15, 0.2) is 59.1 Å². The number of hydrogen-bond donors (Lipinski definition) is 2. The molecule has 174 valence electrons. The van der Waals surface area contributed by atoms with Crippen LogP contribution in [0, 0.1) is 13.8 Å². The van der Waals surface area contributed by atoms with E-state index in [1.54, 1.807) is 16.8 Å². The number of hydrogen-bond acceptors (Lipinski definition) is 5. The van der Waals surface area contributed by atoms with Crippen LogP contribution in [0.3, 0.4) is 0 Å². The molecule has 2 aromatic heterocycles. The minimum Gasteiger partial charge on any atom is -0.365 e. The van der Waals surface area contributed by atoms with E-state index in [9.17, 15) is 9.59 Å². The summed E-state index contributed by atoms with van der Waals surface area (Å²) in [6.07, 6.45) is 0. The second-order valence-electron chi connectivity index (χ2n) is 9.17. The number of nitrogens with one attached hydrogen (secondary N) is 1. The molecule has 0 spiro atoms. The lowest BCUT2D eigenvalue weighted by atomic mass is 9.87. The van der Waals surface area contributed by atoms with Crippen molar-refractivity contribution >= 4 is 17.7 Å². The molecule has 0 bridgehead atoms. The maximum absolute atomic E-state index is 12.9. The Balaban J connectivity index is 1.69. The molecule has 4 aromatic rings. The Kier molecular flexibility index (Phi) is 5.83. The van der Waals surface area contributed by atoms with E-state index in [0.717, 1.165) is 16.9 Å². The molecule has 0 saturated heterocycles. The van der Waals surface area contributed by atoms with Crippen molar-refractivity contribution in [2.75, 3.05) is 5.32 Å². The maximum atomic E-state index is 12.9. The fourth-order valence-electron chi connectivity index (χ4n) is 3.88. The highest BCUT2D eigenvalue weighted by atomic mass is 16.5. The predicted molar refractivity (Wildman–Crippen MR) is 130 cm³/mol. The van der Waals surface area contributed by atoms with E-state index in [0.29, 0.717) is 16.8 Å². The van der Waals surface area contributed by atoms with E-state index in [1.165, 1.54) is 0 Å². The molecule has 0 saturated carbocycles. The number of carbonyl (C=O) groups is 2. The van der Waals surface area contributed by atoms with Gasteiger partial charge in [-0.1, -0.05) is 56.3 Å². The Morgan fingerprint density at radius 1 is 1.00 bits per heavy atom. The van der Waals surface area contributed by atoms with Crippen molar-refractivity contribution in [3.63, 3.8) is 0 Å². The van der Waals surface area contributed by atoms with Crippen LogP contribution in [-0.4, -0.2) is 26.8 Å². The predicted octanol–water partition coefficient (Wildman–Crippen LogP) is 4.79. The molecular weight excluding hydrogens is 430 g/mol. The highest BCUT2D eigenvalue weighted by Gasteiger charge is 2.28. The molecule has 0 aliphatic carbocycles. The van der Waals surface area contributed by atoms with Gasteiger partial charge in [0.25, 0.3) is 11.8 Å². The first-order valence-corrected chi connectivity index (χ1v) is 10.9. The summed E-state index contributed by atoms with van der Waals surface area (Å²) < 4.78 is 7.15. The second-order valence-corrected chi connectivity index (χ2v) is 9.17. The number of nitrogens with zero attached hydrogens (tertiary/aromatic N) is 3. The summed E-state index contributed by atoms with van der Waals surface area (Å²) in [5.74, 6) is -1.29. The van der Waals surface area contributed by atoms with Crippen LogP contribution in [0.25, 0.3) is 16.9 Å². The number of carbonyl (C=O) groups excluding carboxylic acids is 2. The smallest absolute Gasteiger partial charge is 0.258 e. The molecule has 0 aliphatic rings. The summed E-state index contributed by atoms with van der Waals surface area (Å²) in [7, 11) is 0. The molecule has 3 N–H and O–H groups in total. The number of benzene rings is 2. The Bertz CT molecular complexity index is 1360. The van der Waals surface area contributed by atoms with Gasteiger partial charge in [-0.2, -0.15) is 5.10 Å². The number of rotatable bonds is 5. The second kappa shape index (κ2) is 8.62. The van der Waals surface area contributed by atoms with Crippen molar-refractivity contribution in [3.8, 4) is 16.9 Å². The average Bonchev–Trinajstić information content (AvgIpc) is 3.33. The van der Waals surface area contributed by atoms with Gasteiger partial charge >= 0.3 is 0 Å². The summed E-state index contributed by atoms with van der Waals surface area (Å²) >= 11 is 0. The SMILES string of the molecule is Cc1nn(-c2ccccc2)c(C)c1-c1noc(NC(=O)c2ccc(C(C)(C)C)cc2)c1C(N)=O. The van der Waals surface area contributed by atoms with Crippen molar-refractivity contribution in [3.05, 3.63) is 82.7 Å². The molecule has 8 nitrogen and oxygen atoms in total. The van der Waals surface area contributed by atoms with Crippen LogP contribution in [0.2, 0.25) is 0 Å². The van der Waals surface area contributed by atoms with E-state index in [2.05, 4.69) is 36.3 Å². The van der Waals surface area contributed by atoms with Crippen LogP contribution in [0.4, 0.5) is 5.88 Å². The summed E-state index contributed by atoms with van der Waals surface area (Å²) in [6.45, 7) is 9.98. The van der Waals surface area contributed by atoms with Crippen molar-refractivity contribution in [2.45, 2.75) is 40.0 Å². The fraction of sp³-hybridized carbons (Fsp3) is 0.231.